The van der Waals surface area contributed by atoms with Crippen LogP contribution in [0.4, 0.5) is 4.79 Å². The van der Waals surface area contributed by atoms with Gasteiger partial charge in [-0.3, -0.25) is 19.2 Å². The highest BCUT2D eigenvalue weighted by molar-refractivity contribution is 5.89. The highest BCUT2D eigenvalue weighted by Gasteiger charge is 2.42. The van der Waals surface area contributed by atoms with E-state index in [9.17, 15) is 19.5 Å². The molecule has 4 saturated heterocycles. The van der Waals surface area contributed by atoms with Crippen LogP contribution in [-0.4, -0.2) is 117 Å². The van der Waals surface area contributed by atoms with Gasteiger partial charge in [-0.1, -0.05) is 12.1 Å². The van der Waals surface area contributed by atoms with Crippen molar-refractivity contribution in [3.8, 4) is 0 Å². The van der Waals surface area contributed by atoms with Gasteiger partial charge in [0, 0.05) is 70.0 Å². The summed E-state index contributed by atoms with van der Waals surface area (Å²) in [5.74, 6) is 0.116. The van der Waals surface area contributed by atoms with Crippen molar-refractivity contribution in [2.24, 2.45) is 0 Å². The maximum Gasteiger partial charge on any atom is 0.337 e. The molecule has 0 radical (unpaired) electrons. The molecule has 11 nitrogen and oxygen atoms in total. The number of nitrogens with one attached hydrogen (secondary N) is 1. The Morgan fingerprint density at radius 2 is 1.68 bits per heavy atom. The van der Waals surface area contributed by atoms with Crippen molar-refractivity contribution in [3.05, 3.63) is 34.7 Å². The standard InChI is InChI=1S/C30H44N6O5/c1-20(2)35-25-6-3-4-7-26(25)36(30(35)40)29(39)31-21-16-22-9-10-23(17-21)34(22)19-24(37)18-32-11-13-33(14-12-32)28(38)27-8-5-15-41-27/h3-4,6-7,20-24,27,37H,5,8-19H2,1-2H3,(H,31,39)/t21?,22-,23+,24?,27?. The monoisotopic (exact) mass is 568 g/mol. The zero-order valence-corrected chi connectivity index (χ0v) is 24.3. The van der Waals surface area contributed by atoms with Crippen molar-refractivity contribution in [1.82, 2.24) is 29.2 Å². The summed E-state index contributed by atoms with van der Waals surface area (Å²) in [6.07, 6.45) is 4.79. The largest absolute Gasteiger partial charge is 0.390 e. The smallest absolute Gasteiger partial charge is 0.337 e. The van der Waals surface area contributed by atoms with Crippen LogP contribution in [0.2, 0.25) is 0 Å². The van der Waals surface area contributed by atoms with Crippen LogP contribution in [-0.2, 0) is 9.53 Å². The van der Waals surface area contributed by atoms with Crippen molar-refractivity contribution in [1.29, 1.82) is 0 Å². The summed E-state index contributed by atoms with van der Waals surface area (Å²) >= 11 is 0. The number of amides is 2. The normalized spacial score (nSPS) is 28.0. The number of carbonyl (C=O) groups is 2. The quantitative estimate of drug-likeness (QED) is 0.522. The number of nitrogens with zero attached hydrogens (tertiary/aromatic N) is 5. The first-order valence-electron chi connectivity index (χ1n) is 15.4. The van der Waals surface area contributed by atoms with E-state index in [1.807, 2.05) is 43.0 Å². The molecule has 2 aromatic rings. The maximum atomic E-state index is 13.4. The van der Waals surface area contributed by atoms with E-state index in [1.165, 1.54) is 4.57 Å². The molecule has 4 aliphatic rings. The van der Waals surface area contributed by atoms with Gasteiger partial charge in [-0.15, -0.1) is 0 Å². The first-order valence-corrected chi connectivity index (χ1v) is 15.4. The molecular weight excluding hydrogens is 524 g/mol. The topological polar surface area (TPSA) is 112 Å². The van der Waals surface area contributed by atoms with E-state index in [0.717, 1.165) is 57.1 Å². The minimum Gasteiger partial charge on any atom is -0.390 e. The number of aromatic nitrogens is 2. The SMILES string of the molecule is CC(C)n1c(=O)n(C(=O)NC2C[C@H]3CC[C@@H](C2)N3CC(O)CN2CCN(C(=O)C3CCCO3)CC2)c2ccccc21. The molecule has 4 aliphatic heterocycles. The summed E-state index contributed by atoms with van der Waals surface area (Å²) in [5, 5.41) is 14.2. The number of β-amino-alcohol motifs (C(OH)–C–C–N with tert-alkyl or cyclic N) is 1. The van der Waals surface area contributed by atoms with Gasteiger partial charge in [0.15, 0.2) is 0 Å². The molecule has 1 aromatic carbocycles. The Morgan fingerprint density at radius 3 is 2.32 bits per heavy atom. The highest BCUT2D eigenvalue weighted by atomic mass is 16.5. The molecular formula is C30H44N6O5. The van der Waals surface area contributed by atoms with E-state index in [2.05, 4.69) is 15.1 Å². The third kappa shape index (κ3) is 5.69. The number of hydrogen-bond acceptors (Lipinski definition) is 7. The second kappa shape index (κ2) is 11.9. The second-order valence-corrected chi connectivity index (χ2v) is 12.6. The van der Waals surface area contributed by atoms with Crippen LogP contribution < -0.4 is 11.0 Å². The van der Waals surface area contributed by atoms with Gasteiger partial charge in [-0.2, -0.15) is 0 Å². The Labute approximate surface area is 241 Å². The maximum absolute atomic E-state index is 13.4. The molecule has 5 heterocycles. The van der Waals surface area contributed by atoms with E-state index in [-0.39, 0.29) is 35.8 Å². The van der Waals surface area contributed by atoms with Crippen molar-refractivity contribution in [2.45, 2.75) is 88.7 Å². The lowest BCUT2D eigenvalue weighted by molar-refractivity contribution is -0.142. The molecule has 0 aliphatic carbocycles. The molecule has 0 spiro atoms. The summed E-state index contributed by atoms with van der Waals surface area (Å²) < 4.78 is 8.51. The second-order valence-electron chi connectivity index (χ2n) is 12.6. The number of benzene rings is 1. The van der Waals surface area contributed by atoms with Gasteiger partial charge in [0.1, 0.15) is 6.10 Å². The van der Waals surface area contributed by atoms with Crippen LogP contribution in [0.1, 0.15) is 58.4 Å². The van der Waals surface area contributed by atoms with Gasteiger partial charge >= 0.3 is 11.7 Å². The lowest BCUT2D eigenvalue weighted by Gasteiger charge is -2.41. The number of hydrogen-bond donors (Lipinski definition) is 2. The van der Waals surface area contributed by atoms with Gasteiger partial charge in [-0.05, 0) is 64.5 Å². The lowest BCUT2D eigenvalue weighted by Crippen LogP contribution is -2.56. The minimum atomic E-state index is -0.467. The fourth-order valence-electron chi connectivity index (χ4n) is 7.52. The van der Waals surface area contributed by atoms with E-state index in [4.69, 9.17) is 4.74 Å². The average molecular weight is 569 g/mol. The molecule has 2 bridgehead atoms. The molecule has 2 N–H and O–H groups in total. The fraction of sp³-hybridized carbons (Fsp3) is 0.700. The number of aliphatic hydroxyl groups is 1. The zero-order valence-electron chi connectivity index (χ0n) is 24.3. The van der Waals surface area contributed by atoms with Crippen LogP contribution in [0, 0.1) is 0 Å². The number of imidazole rings is 1. The van der Waals surface area contributed by atoms with Crippen LogP contribution in [0.3, 0.4) is 0 Å². The molecule has 4 fully saturated rings. The predicted octanol–water partition coefficient (Wildman–Crippen LogP) is 1.62. The first-order chi connectivity index (χ1) is 19.8. The zero-order chi connectivity index (χ0) is 28.7. The number of rotatable bonds is 7. The Bertz CT molecular complexity index is 1290. The summed E-state index contributed by atoms with van der Waals surface area (Å²) in [4.78, 5) is 45.8. The Balaban J connectivity index is 1.01. The van der Waals surface area contributed by atoms with Gasteiger partial charge in [0.05, 0.1) is 17.1 Å². The number of piperidine rings is 1. The van der Waals surface area contributed by atoms with E-state index in [1.54, 1.807) is 4.57 Å². The van der Waals surface area contributed by atoms with Gasteiger partial charge in [0.25, 0.3) is 5.91 Å². The Kier molecular flexibility index (Phi) is 8.22. The summed E-state index contributed by atoms with van der Waals surface area (Å²) in [6, 6.07) is 7.65. The molecule has 2 amide bonds. The molecule has 5 atom stereocenters. The Hall–Kier alpha value is -2.73. The number of aliphatic hydroxyl groups excluding tert-OH is 1. The fourth-order valence-corrected chi connectivity index (χ4v) is 7.52. The van der Waals surface area contributed by atoms with Crippen LogP contribution in [0.5, 0.6) is 0 Å². The van der Waals surface area contributed by atoms with E-state index < -0.39 is 6.10 Å². The lowest BCUT2D eigenvalue weighted by atomic mass is 9.97. The van der Waals surface area contributed by atoms with Crippen molar-refractivity contribution in [3.63, 3.8) is 0 Å². The number of carbonyl (C=O) groups excluding carboxylic acids is 2. The van der Waals surface area contributed by atoms with Crippen molar-refractivity contribution in [2.75, 3.05) is 45.9 Å². The molecule has 6 rings (SSSR count). The average Bonchev–Trinajstić information content (AvgIpc) is 3.64. The van der Waals surface area contributed by atoms with E-state index >= 15 is 0 Å². The first kappa shape index (κ1) is 28.4. The van der Waals surface area contributed by atoms with E-state index in [0.29, 0.717) is 50.4 Å². The number of piperazine rings is 1. The molecule has 1 aromatic heterocycles. The third-order valence-corrected chi connectivity index (χ3v) is 9.49. The highest BCUT2D eigenvalue weighted by Crippen LogP contribution is 2.36. The molecule has 41 heavy (non-hydrogen) atoms. The van der Waals surface area contributed by atoms with Crippen molar-refractivity contribution >= 4 is 23.0 Å². The summed E-state index contributed by atoms with van der Waals surface area (Å²) in [6.45, 7) is 8.69. The van der Waals surface area contributed by atoms with Gasteiger partial charge in [0.2, 0.25) is 0 Å². The van der Waals surface area contributed by atoms with Crippen LogP contribution >= 0.6 is 0 Å². The molecule has 11 heteroatoms. The van der Waals surface area contributed by atoms with Crippen molar-refractivity contribution < 1.29 is 19.4 Å². The van der Waals surface area contributed by atoms with Gasteiger partial charge in [-0.25, -0.2) is 14.2 Å². The molecule has 3 unspecified atom stereocenters. The molecule has 0 saturated carbocycles. The summed E-state index contributed by atoms with van der Waals surface area (Å²) in [7, 11) is 0. The van der Waals surface area contributed by atoms with Crippen LogP contribution in [0.25, 0.3) is 11.0 Å². The summed E-state index contributed by atoms with van der Waals surface area (Å²) in [5.41, 5.74) is 1.09. The Morgan fingerprint density at radius 1 is 1.00 bits per heavy atom. The predicted molar refractivity (Wildman–Crippen MR) is 155 cm³/mol. The number of fused-ring (bicyclic) bond motifs is 3. The number of para-hydroxylation sites is 2. The minimum absolute atomic E-state index is 0.00378. The van der Waals surface area contributed by atoms with Gasteiger partial charge < -0.3 is 20.1 Å². The third-order valence-electron chi connectivity index (χ3n) is 9.49. The van der Waals surface area contributed by atoms with Crippen LogP contribution in [0.15, 0.2) is 29.1 Å². The number of ether oxygens (including phenoxy) is 1. The molecule has 224 valence electrons.